The Bertz CT molecular complexity index is 1110. The molecule has 1 atom stereocenters. The van der Waals surface area contributed by atoms with Crippen LogP contribution in [0.5, 0.6) is 0 Å². The molecule has 3 aromatic rings. The second-order valence-corrected chi connectivity index (χ2v) is 8.07. The Morgan fingerprint density at radius 2 is 1.77 bits per heavy atom. The highest BCUT2D eigenvalue weighted by atomic mass is 16.2. The summed E-state index contributed by atoms with van der Waals surface area (Å²) in [6, 6.07) is 15.6. The van der Waals surface area contributed by atoms with Crippen molar-refractivity contribution >= 4 is 23.2 Å². The minimum atomic E-state index is -0.367. The molecule has 1 saturated heterocycles. The molecule has 1 aliphatic heterocycles. The van der Waals surface area contributed by atoms with E-state index in [4.69, 9.17) is 0 Å². The molecule has 154 valence electrons. The second kappa shape index (κ2) is 7.78. The Morgan fingerprint density at radius 3 is 2.40 bits per heavy atom. The van der Waals surface area contributed by atoms with Crippen LogP contribution >= 0.6 is 0 Å². The standard InChI is InChI=1S/C24H26N4O2/c1-15-5-10-22(16(2)11-15)27-14-19(13-23(27)29)24(30)25-20-6-8-21(9-7-20)28-18(4)12-17(3)26-28/h5-12,19H,13-14H2,1-4H3,(H,25,30). The van der Waals surface area contributed by atoms with E-state index in [2.05, 4.69) is 16.5 Å². The number of nitrogens with zero attached hydrogens (tertiary/aromatic N) is 3. The van der Waals surface area contributed by atoms with Crippen LogP contribution in [0.1, 0.15) is 28.9 Å². The normalized spacial score (nSPS) is 16.2. The Labute approximate surface area is 176 Å². The maximum absolute atomic E-state index is 12.8. The van der Waals surface area contributed by atoms with Gasteiger partial charge in [0.15, 0.2) is 0 Å². The molecule has 30 heavy (non-hydrogen) atoms. The molecule has 0 aliphatic carbocycles. The average Bonchev–Trinajstić information content (AvgIpc) is 3.24. The van der Waals surface area contributed by atoms with Crippen molar-refractivity contribution in [1.29, 1.82) is 0 Å². The lowest BCUT2D eigenvalue weighted by atomic mass is 10.1. The maximum Gasteiger partial charge on any atom is 0.229 e. The molecule has 1 aliphatic rings. The number of aryl methyl sites for hydroxylation is 4. The average molecular weight is 402 g/mol. The second-order valence-electron chi connectivity index (χ2n) is 8.07. The van der Waals surface area contributed by atoms with Gasteiger partial charge in [0.1, 0.15) is 0 Å². The molecule has 0 saturated carbocycles. The van der Waals surface area contributed by atoms with E-state index in [1.165, 1.54) is 0 Å². The van der Waals surface area contributed by atoms with Crippen LogP contribution in [0.3, 0.4) is 0 Å². The lowest BCUT2D eigenvalue weighted by Gasteiger charge is -2.19. The number of carbonyl (C=O) groups is 2. The predicted octanol–water partition coefficient (Wildman–Crippen LogP) is 4.10. The number of nitrogens with one attached hydrogen (secondary N) is 1. The molecule has 2 amide bonds. The van der Waals surface area contributed by atoms with Gasteiger partial charge in [-0.1, -0.05) is 17.7 Å². The van der Waals surface area contributed by atoms with Crippen molar-refractivity contribution in [1.82, 2.24) is 9.78 Å². The first-order valence-corrected chi connectivity index (χ1v) is 10.1. The number of aromatic nitrogens is 2. The minimum absolute atomic E-state index is 0.0121. The van der Waals surface area contributed by atoms with Crippen LogP contribution in [0.25, 0.3) is 5.69 Å². The Balaban J connectivity index is 1.44. The van der Waals surface area contributed by atoms with E-state index in [1.54, 1.807) is 4.90 Å². The van der Waals surface area contributed by atoms with Crippen molar-refractivity contribution in [3.8, 4) is 5.69 Å². The molecule has 6 heteroatoms. The number of carbonyl (C=O) groups excluding carboxylic acids is 2. The molecule has 2 heterocycles. The SMILES string of the molecule is Cc1ccc(N2CC(C(=O)Nc3ccc(-n4nc(C)cc4C)cc3)CC2=O)c(C)c1. The lowest BCUT2D eigenvalue weighted by Crippen LogP contribution is -2.28. The molecule has 6 nitrogen and oxygen atoms in total. The highest BCUT2D eigenvalue weighted by Gasteiger charge is 2.35. The van der Waals surface area contributed by atoms with E-state index in [9.17, 15) is 9.59 Å². The minimum Gasteiger partial charge on any atom is -0.326 e. The highest BCUT2D eigenvalue weighted by Crippen LogP contribution is 2.29. The van der Waals surface area contributed by atoms with E-state index < -0.39 is 0 Å². The monoisotopic (exact) mass is 402 g/mol. The molecular weight excluding hydrogens is 376 g/mol. The van der Waals surface area contributed by atoms with E-state index in [1.807, 2.05) is 74.8 Å². The molecule has 1 N–H and O–H groups in total. The first-order chi connectivity index (χ1) is 14.3. The molecule has 1 fully saturated rings. The van der Waals surface area contributed by atoms with Crippen molar-refractivity contribution in [2.75, 3.05) is 16.8 Å². The van der Waals surface area contributed by atoms with Gasteiger partial charge in [-0.15, -0.1) is 0 Å². The van der Waals surface area contributed by atoms with Crippen molar-refractivity contribution in [2.45, 2.75) is 34.1 Å². The third-order valence-electron chi connectivity index (χ3n) is 5.53. The quantitative estimate of drug-likeness (QED) is 0.715. The summed E-state index contributed by atoms with van der Waals surface area (Å²) < 4.78 is 1.87. The number of benzene rings is 2. The molecule has 0 spiro atoms. The topological polar surface area (TPSA) is 67.2 Å². The van der Waals surface area contributed by atoms with Crippen molar-refractivity contribution in [3.63, 3.8) is 0 Å². The van der Waals surface area contributed by atoms with Crippen LogP contribution in [-0.2, 0) is 9.59 Å². The fourth-order valence-corrected chi connectivity index (χ4v) is 4.04. The van der Waals surface area contributed by atoms with Crippen molar-refractivity contribution < 1.29 is 9.59 Å². The summed E-state index contributed by atoms with van der Waals surface area (Å²) in [6.07, 6.45) is 0.225. The zero-order valence-electron chi connectivity index (χ0n) is 17.8. The fourth-order valence-electron chi connectivity index (χ4n) is 4.04. The summed E-state index contributed by atoms with van der Waals surface area (Å²) in [4.78, 5) is 27.1. The Morgan fingerprint density at radius 1 is 1.03 bits per heavy atom. The number of rotatable bonds is 4. The first-order valence-electron chi connectivity index (χ1n) is 10.1. The fraction of sp³-hybridized carbons (Fsp3) is 0.292. The van der Waals surface area contributed by atoms with Gasteiger partial charge in [-0.25, -0.2) is 4.68 Å². The molecule has 1 unspecified atom stereocenters. The van der Waals surface area contributed by atoms with E-state index in [0.29, 0.717) is 12.2 Å². The van der Waals surface area contributed by atoms with Gasteiger partial charge in [0.25, 0.3) is 0 Å². The predicted molar refractivity (Wildman–Crippen MR) is 118 cm³/mol. The smallest absolute Gasteiger partial charge is 0.229 e. The summed E-state index contributed by atoms with van der Waals surface area (Å²) in [5, 5.41) is 7.43. The van der Waals surface area contributed by atoms with Gasteiger partial charge >= 0.3 is 0 Å². The lowest BCUT2D eigenvalue weighted by molar-refractivity contribution is -0.122. The number of amides is 2. The largest absolute Gasteiger partial charge is 0.326 e. The maximum atomic E-state index is 12.8. The summed E-state index contributed by atoms with van der Waals surface area (Å²) in [5.41, 5.74) is 6.75. The van der Waals surface area contributed by atoms with Gasteiger partial charge in [-0.3, -0.25) is 9.59 Å². The summed E-state index contributed by atoms with van der Waals surface area (Å²) >= 11 is 0. The van der Waals surface area contributed by atoms with Crippen LogP contribution in [-0.4, -0.2) is 28.1 Å². The first kappa shape index (κ1) is 19.9. The Hall–Kier alpha value is -3.41. The molecule has 4 rings (SSSR count). The highest BCUT2D eigenvalue weighted by molar-refractivity contribution is 6.03. The van der Waals surface area contributed by atoms with Gasteiger partial charge in [-0.05, 0) is 69.7 Å². The van der Waals surface area contributed by atoms with Crippen LogP contribution in [0.15, 0.2) is 48.5 Å². The van der Waals surface area contributed by atoms with E-state index in [0.717, 1.165) is 33.9 Å². The summed E-state index contributed by atoms with van der Waals surface area (Å²) in [7, 11) is 0. The third-order valence-corrected chi connectivity index (χ3v) is 5.53. The van der Waals surface area contributed by atoms with Crippen LogP contribution in [0, 0.1) is 33.6 Å². The third kappa shape index (κ3) is 3.85. The van der Waals surface area contributed by atoms with Gasteiger partial charge in [0.05, 0.1) is 17.3 Å². The molecular formula is C24H26N4O2. The van der Waals surface area contributed by atoms with Crippen LogP contribution in [0.2, 0.25) is 0 Å². The molecule has 0 bridgehead atoms. The number of hydrogen-bond acceptors (Lipinski definition) is 3. The zero-order chi connectivity index (χ0) is 21.4. The van der Waals surface area contributed by atoms with Gasteiger partial charge in [0.2, 0.25) is 11.8 Å². The van der Waals surface area contributed by atoms with Gasteiger partial charge in [0, 0.05) is 30.0 Å². The summed E-state index contributed by atoms with van der Waals surface area (Å²) in [5.74, 6) is -0.509. The van der Waals surface area contributed by atoms with Crippen LogP contribution < -0.4 is 10.2 Å². The molecule has 0 radical (unpaired) electrons. The summed E-state index contributed by atoms with van der Waals surface area (Å²) in [6.45, 7) is 8.39. The van der Waals surface area contributed by atoms with Crippen molar-refractivity contribution in [3.05, 3.63) is 71.0 Å². The van der Waals surface area contributed by atoms with Gasteiger partial charge in [-0.2, -0.15) is 5.10 Å². The van der Waals surface area contributed by atoms with Gasteiger partial charge < -0.3 is 10.2 Å². The number of hydrogen-bond donors (Lipinski definition) is 1. The molecule has 1 aromatic heterocycles. The van der Waals surface area contributed by atoms with E-state index in [-0.39, 0.29) is 24.2 Å². The molecule has 2 aromatic carbocycles. The zero-order valence-corrected chi connectivity index (χ0v) is 17.8. The van der Waals surface area contributed by atoms with Crippen molar-refractivity contribution in [2.24, 2.45) is 5.92 Å². The Kier molecular flexibility index (Phi) is 5.16. The van der Waals surface area contributed by atoms with Crippen LogP contribution in [0.4, 0.5) is 11.4 Å². The number of anilines is 2. The van der Waals surface area contributed by atoms with E-state index >= 15 is 0 Å².